The Morgan fingerprint density at radius 3 is 1.21 bits per heavy atom. The van der Waals surface area contributed by atoms with Crippen molar-refractivity contribution in [2.45, 2.75) is 0 Å². The van der Waals surface area contributed by atoms with E-state index >= 15 is 0 Å². The molecule has 3 rings (SSSR count). The van der Waals surface area contributed by atoms with Crippen molar-refractivity contribution in [3.8, 4) is 0 Å². The highest BCUT2D eigenvalue weighted by atomic mass is 16.3. The molecule has 0 radical (unpaired) electrons. The van der Waals surface area contributed by atoms with Crippen LogP contribution in [0.1, 0.15) is 31.8 Å². The van der Waals surface area contributed by atoms with E-state index in [1.54, 1.807) is 0 Å². The van der Waals surface area contributed by atoms with Gasteiger partial charge in [-0.25, -0.2) is 0 Å². The summed E-state index contributed by atoms with van der Waals surface area (Å²) in [5, 5.41) is 0. The van der Waals surface area contributed by atoms with Crippen LogP contribution in [0.4, 0.5) is 0 Å². The van der Waals surface area contributed by atoms with Crippen molar-refractivity contribution >= 4 is 11.6 Å². The minimum absolute atomic E-state index is 0.225. The van der Waals surface area contributed by atoms with E-state index in [-0.39, 0.29) is 11.6 Å². The van der Waals surface area contributed by atoms with Crippen molar-refractivity contribution < 1.29 is 18.4 Å². The van der Waals surface area contributed by atoms with Crippen molar-refractivity contribution in [2.24, 2.45) is 0 Å². The molecule has 2 aromatic heterocycles. The van der Waals surface area contributed by atoms with Crippen LogP contribution >= 0.6 is 0 Å². The summed E-state index contributed by atoms with van der Waals surface area (Å²) in [5.41, 5.74) is 1.24. The monoisotopic (exact) mass is 188 g/mol. The number of hydrogen-bond donors (Lipinski definition) is 0. The summed E-state index contributed by atoms with van der Waals surface area (Å²) in [6, 6.07) is 0. The van der Waals surface area contributed by atoms with Gasteiger partial charge in [0.2, 0.25) is 11.6 Å². The van der Waals surface area contributed by atoms with Crippen molar-refractivity contribution in [3.63, 3.8) is 0 Å². The molecule has 0 atom stereocenters. The highest BCUT2D eigenvalue weighted by Gasteiger charge is 2.32. The Balaban J connectivity index is 2.37. The molecule has 0 saturated heterocycles. The first-order chi connectivity index (χ1) is 6.79. The van der Waals surface area contributed by atoms with E-state index < -0.39 is 0 Å². The first kappa shape index (κ1) is 7.32. The molecule has 0 aliphatic heterocycles. The molecule has 0 fully saturated rings. The van der Waals surface area contributed by atoms with E-state index in [1.807, 2.05) is 0 Å². The van der Waals surface area contributed by atoms with Gasteiger partial charge in [0.05, 0.1) is 22.3 Å². The zero-order chi connectivity index (χ0) is 9.71. The van der Waals surface area contributed by atoms with Gasteiger partial charge in [0, 0.05) is 0 Å². The van der Waals surface area contributed by atoms with Crippen LogP contribution in [0.15, 0.2) is 33.9 Å². The van der Waals surface area contributed by atoms with Crippen LogP contribution in [-0.4, -0.2) is 11.6 Å². The topological polar surface area (TPSA) is 60.4 Å². The van der Waals surface area contributed by atoms with Gasteiger partial charge in [-0.1, -0.05) is 0 Å². The maximum absolute atomic E-state index is 11.7. The smallest absolute Gasteiger partial charge is 0.200 e. The Hall–Kier alpha value is -2.10. The van der Waals surface area contributed by atoms with Gasteiger partial charge in [-0.05, 0) is 0 Å². The maximum Gasteiger partial charge on any atom is 0.200 e. The zero-order valence-corrected chi connectivity index (χ0v) is 6.94. The van der Waals surface area contributed by atoms with E-state index in [1.165, 1.54) is 25.1 Å². The van der Waals surface area contributed by atoms with Crippen LogP contribution in [0.2, 0.25) is 0 Å². The third-order valence-electron chi connectivity index (χ3n) is 2.30. The highest BCUT2D eigenvalue weighted by Crippen LogP contribution is 2.28. The minimum atomic E-state index is -0.225. The summed E-state index contributed by atoms with van der Waals surface area (Å²) in [6.45, 7) is 0. The van der Waals surface area contributed by atoms with Crippen molar-refractivity contribution in [3.05, 3.63) is 47.3 Å². The van der Waals surface area contributed by atoms with E-state index in [0.717, 1.165) is 0 Å². The molecule has 2 heterocycles. The summed E-state index contributed by atoms with van der Waals surface area (Å²) in [5.74, 6) is -0.450. The molecule has 68 valence electrons. The average molecular weight is 188 g/mol. The third-order valence-corrected chi connectivity index (χ3v) is 2.30. The summed E-state index contributed by atoms with van der Waals surface area (Å²) in [7, 11) is 0. The zero-order valence-electron chi connectivity index (χ0n) is 6.94. The number of ketones is 2. The number of fused-ring (bicyclic) bond motifs is 2. The van der Waals surface area contributed by atoms with E-state index in [9.17, 15) is 9.59 Å². The second-order valence-corrected chi connectivity index (χ2v) is 3.06. The lowest BCUT2D eigenvalue weighted by Gasteiger charge is -2.06. The molecular formula is C10H4O4. The Morgan fingerprint density at radius 2 is 0.929 bits per heavy atom. The SMILES string of the molecule is O=C1c2cocc2C(=O)c2cocc21. The molecule has 0 N–H and O–H groups in total. The second kappa shape index (κ2) is 2.23. The standard InChI is InChI=1S/C10H4O4/c11-9-5-1-13-2-6(5)10(12)8-4-14-3-7(8)9/h1-4H. The third kappa shape index (κ3) is 0.682. The van der Waals surface area contributed by atoms with Gasteiger partial charge in [-0.2, -0.15) is 0 Å². The summed E-state index contributed by atoms with van der Waals surface area (Å²) in [4.78, 5) is 23.4. The summed E-state index contributed by atoms with van der Waals surface area (Å²) < 4.78 is 9.67. The fourth-order valence-corrected chi connectivity index (χ4v) is 1.59. The van der Waals surface area contributed by atoms with Gasteiger partial charge in [-0.15, -0.1) is 0 Å². The van der Waals surface area contributed by atoms with Crippen LogP contribution < -0.4 is 0 Å². The second-order valence-electron chi connectivity index (χ2n) is 3.06. The van der Waals surface area contributed by atoms with Gasteiger partial charge in [0.15, 0.2) is 0 Å². The fraction of sp³-hybridized carbons (Fsp3) is 0. The normalized spacial score (nSPS) is 14.0. The molecule has 0 bridgehead atoms. The molecule has 0 aromatic carbocycles. The summed E-state index contributed by atoms with van der Waals surface area (Å²) >= 11 is 0. The van der Waals surface area contributed by atoms with Gasteiger partial charge in [-0.3, -0.25) is 9.59 Å². The van der Waals surface area contributed by atoms with Crippen LogP contribution in [0, 0.1) is 0 Å². The highest BCUT2D eigenvalue weighted by molar-refractivity contribution is 6.28. The van der Waals surface area contributed by atoms with Crippen molar-refractivity contribution in [1.82, 2.24) is 0 Å². The van der Waals surface area contributed by atoms with Gasteiger partial charge < -0.3 is 8.83 Å². The largest absolute Gasteiger partial charge is 0.471 e. The van der Waals surface area contributed by atoms with Crippen LogP contribution in [0.5, 0.6) is 0 Å². The lowest BCUT2D eigenvalue weighted by molar-refractivity contribution is 0.0981. The average Bonchev–Trinajstić information content (AvgIpc) is 2.82. The first-order valence-electron chi connectivity index (χ1n) is 4.01. The quantitative estimate of drug-likeness (QED) is 0.538. The molecule has 0 spiro atoms. The fourth-order valence-electron chi connectivity index (χ4n) is 1.59. The number of rotatable bonds is 0. The maximum atomic E-state index is 11.7. The Bertz CT molecular complexity index is 453. The molecule has 0 unspecified atom stereocenters. The van der Waals surface area contributed by atoms with E-state index in [4.69, 9.17) is 8.83 Å². The van der Waals surface area contributed by atoms with Crippen LogP contribution in [-0.2, 0) is 0 Å². The number of furan rings is 2. The molecule has 14 heavy (non-hydrogen) atoms. The van der Waals surface area contributed by atoms with E-state index in [2.05, 4.69) is 0 Å². The van der Waals surface area contributed by atoms with Crippen molar-refractivity contribution in [2.75, 3.05) is 0 Å². The first-order valence-corrected chi connectivity index (χ1v) is 4.01. The predicted octanol–water partition coefficient (Wildman–Crippen LogP) is 1.65. The number of carbonyl (C=O) groups is 2. The minimum Gasteiger partial charge on any atom is -0.471 e. The molecule has 4 heteroatoms. The van der Waals surface area contributed by atoms with E-state index in [0.29, 0.717) is 22.3 Å². The molecule has 1 aliphatic rings. The molecule has 1 aliphatic carbocycles. The van der Waals surface area contributed by atoms with Crippen molar-refractivity contribution in [1.29, 1.82) is 0 Å². The van der Waals surface area contributed by atoms with Crippen LogP contribution in [0.3, 0.4) is 0 Å². The number of hydrogen-bond acceptors (Lipinski definition) is 4. The number of carbonyl (C=O) groups excluding carboxylic acids is 2. The molecule has 0 amide bonds. The molecule has 2 aromatic rings. The molecule has 4 nitrogen and oxygen atoms in total. The summed E-state index contributed by atoms with van der Waals surface area (Å²) in [6.07, 6.45) is 5.13. The Labute approximate surface area is 78.1 Å². The predicted molar refractivity (Wildman–Crippen MR) is 44.3 cm³/mol. The van der Waals surface area contributed by atoms with Gasteiger partial charge >= 0.3 is 0 Å². The lowest BCUT2D eigenvalue weighted by Crippen LogP contribution is -2.16. The van der Waals surface area contributed by atoms with Gasteiger partial charge in [0.1, 0.15) is 25.1 Å². The Kier molecular flexibility index (Phi) is 1.16. The van der Waals surface area contributed by atoms with Gasteiger partial charge in [0.25, 0.3) is 0 Å². The molecule has 0 saturated carbocycles. The Morgan fingerprint density at radius 1 is 0.643 bits per heavy atom. The molecular weight excluding hydrogens is 184 g/mol. The van der Waals surface area contributed by atoms with Crippen LogP contribution in [0.25, 0.3) is 0 Å². The lowest BCUT2D eigenvalue weighted by atomic mass is 9.90.